The van der Waals surface area contributed by atoms with Crippen molar-refractivity contribution in [3.63, 3.8) is 0 Å². The van der Waals surface area contributed by atoms with Crippen molar-refractivity contribution in [2.75, 3.05) is 18.5 Å². The maximum Gasteiger partial charge on any atom is 0.256 e. The van der Waals surface area contributed by atoms with Crippen LogP contribution in [0.25, 0.3) is 16.5 Å². The van der Waals surface area contributed by atoms with Gasteiger partial charge < -0.3 is 14.8 Å². The predicted molar refractivity (Wildman–Crippen MR) is 131 cm³/mol. The van der Waals surface area contributed by atoms with E-state index >= 15 is 0 Å². The molecule has 10 heteroatoms. The predicted octanol–water partition coefficient (Wildman–Crippen LogP) is 4.35. The summed E-state index contributed by atoms with van der Waals surface area (Å²) in [5.74, 6) is 1.28. The van der Waals surface area contributed by atoms with Gasteiger partial charge in [0.15, 0.2) is 11.5 Å². The molecule has 0 atom stereocenters. The van der Waals surface area contributed by atoms with E-state index in [9.17, 15) is 9.59 Å². The largest absolute Gasteiger partial charge is 0.490 e. The summed E-state index contributed by atoms with van der Waals surface area (Å²) in [6, 6.07) is 10.6. The van der Waals surface area contributed by atoms with Gasteiger partial charge in [0.1, 0.15) is 11.5 Å². The van der Waals surface area contributed by atoms with E-state index in [2.05, 4.69) is 20.4 Å². The second-order valence-corrected chi connectivity index (χ2v) is 8.33. The number of hydrogen-bond acceptors (Lipinski definition) is 7. The van der Waals surface area contributed by atoms with Crippen LogP contribution in [0, 0.1) is 13.8 Å². The zero-order valence-electron chi connectivity index (χ0n) is 19.3. The van der Waals surface area contributed by atoms with Gasteiger partial charge >= 0.3 is 0 Å². The molecule has 0 aliphatic heterocycles. The Labute approximate surface area is 200 Å². The Morgan fingerprint density at radius 2 is 1.88 bits per heavy atom. The number of rotatable bonds is 8. The molecule has 0 aliphatic rings. The molecule has 3 heterocycles. The van der Waals surface area contributed by atoms with Crippen molar-refractivity contribution in [1.29, 1.82) is 0 Å². The first kappa shape index (κ1) is 23.2. The standard InChI is InChI=1S/C24H25N5O4S/c1-5-32-18-10-9-16(12-19(18)33-6-2)23(31)26-21-13-17(20-8-7-11-34-20)28-29(21)24-25-15(4)14(3)22(30)27-24/h7-13H,5-6H2,1-4H3,(H,26,31)(H,25,27,30). The van der Waals surface area contributed by atoms with Gasteiger partial charge in [0, 0.05) is 22.9 Å². The maximum atomic E-state index is 13.2. The van der Waals surface area contributed by atoms with Gasteiger partial charge in [0.05, 0.1) is 18.1 Å². The normalized spacial score (nSPS) is 10.8. The van der Waals surface area contributed by atoms with Crippen LogP contribution in [0.15, 0.2) is 46.6 Å². The van der Waals surface area contributed by atoms with Gasteiger partial charge in [-0.15, -0.1) is 11.3 Å². The Kier molecular flexibility index (Phi) is 6.78. The molecule has 4 aromatic rings. The van der Waals surface area contributed by atoms with Gasteiger partial charge in [0.2, 0.25) is 5.95 Å². The highest BCUT2D eigenvalue weighted by molar-refractivity contribution is 7.13. The van der Waals surface area contributed by atoms with Crippen molar-refractivity contribution in [2.45, 2.75) is 27.7 Å². The van der Waals surface area contributed by atoms with Crippen LogP contribution >= 0.6 is 11.3 Å². The molecule has 4 rings (SSSR count). The van der Waals surface area contributed by atoms with E-state index < -0.39 is 0 Å². The van der Waals surface area contributed by atoms with E-state index in [0.717, 1.165) is 4.88 Å². The summed E-state index contributed by atoms with van der Waals surface area (Å²) in [6.45, 7) is 8.13. The molecule has 3 aromatic heterocycles. The Hall–Kier alpha value is -3.92. The summed E-state index contributed by atoms with van der Waals surface area (Å²) in [7, 11) is 0. The first-order valence-corrected chi connectivity index (χ1v) is 11.7. The fourth-order valence-electron chi connectivity index (χ4n) is 3.29. The number of amides is 1. The third-order valence-electron chi connectivity index (χ3n) is 5.11. The third kappa shape index (κ3) is 4.72. The highest BCUT2D eigenvalue weighted by Gasteiger charge is 2.19. The number of carbonyl (C=O) groups excluding carboxylic acids is 1. The number of aryl methyl sites for hydroxylation is 1. The highest BCUT2D eigenvalue weighted by atomic mass is 32.1. The number of ether oxygens (including phenoxy) is 2. The van der Waals surface area contributed by atoms with Crippen LogP contribution in [0.1, 0.15) is 35.5 Å². The number of H-pyrrole nitrogens is 1. The smallest absolute Gasteiger partial charge is 0.256 e. The fraction of sp³-hybridized carbons (Fsp3) is 0.250. The number of carbonyl (C=O) groups is 1. The molecule has 176 valence electrons. The number of benzene rings is 1. The van der Waals surface area contributed by atoms with Crippen LogP contribution in [0.5, 0.6) is 11.5 Å². The first-order chi connectivity index (χ1) is 16.4. The van der Waals surface area contributed by atoms with E-state index in [1.807, 2.05) is 31.4 Å². The molecule has 1 aromatic carbocycles. The fourth-order valence-corrected chi connectivity index (χ4v) is 3.97. The van der Waals surface area contributed by atoms with E-state index in [1.165, 1.54) is 16.0 Å². The molecule has 1 amide bonds. The molecule has 0 aliphatic carbocycles. The Morgan fingerprint density at radius 1 is 1.12 bits per heavy atom. The molecule has 9 nitrogen and oxygen atoms in total. The van der Waals surface area contributed by atoms with Crippen LogP contribution in [-0.4, -0.2) is 38.9 Å². The number of nitrogens with one attached hydrogen (secondary N) is 2. The van der Waals surface area contributed by atoms with E-state index in [1.54, 1.807) is 38.1 Å². The Morgan fingerprint density at radius 3 is 2.56 bits per heavy atom. The molecule has 2 N–H and O–H groups in total. The summed E-state index contributed by atoms with van der Waals surface area (Å²) < 4.78 is 12.7. The van der Waals surface area contributed by atoms with Gasteiger partial charge in [-0.3, -0.25) is 14.6 Å². The van der Waals surface area contributed by atoms with Crippen molar-refractivity contribution in [2.24, 2.45) is 0 Å². The number of hydrogen-bond donors (Lipinski definition) is 2. The SMILES string of the molecule is CCOc1ccc(C(=O)Nc2cc(-c3cccs3)nn2-c2nc(C)c(C)c(=O)[nH]2)cc1OCC. The number of anilines is 1. The molecule has 0 fully saturated rings. The number of aromatic amines is 1. The van der Waals surface area contributed by atoms with Crippen LogP contribution in [0.2, 0.25) is 0 Å². The Bertz CT molecular complexity index is 1370. The molecular formula is C24H25N5O4S. The molecule has 0 unspecified atom stereocenters. The lowest BCUT2D eigenvalue weighted by molar-refractivity contribution is 0.102. The lowest BCUT2D eigenvalue weighted by atomic mass is 10.2. The lowest BCUT2D eigenvalue weighted by Gasteiger charge is -2.13. The van der Waals surface area contributed by atoms with Crippen molar-refractivity contribution in [3.8, 4) is 28.0 Å². The quantitative estimate of drug-likeness (QED) is 0.389. The van der Waals surface area contributed by atoms with Gasteiger partial charge in [-0.1, -0.05) is 6.07 Å². The topological polar surface area (TPSA) is 111 Å². The van der Waals surface area contributed by atoms with Gasteiger partial charge in [-0.2, -0.15) is 9.78 Å². The Balaban J connectivity index is 1.73. The van der Waals surface area contributed by atoms with E-state index in [4.69, 9.17) is 9.47 Å². The molecule has 0 saturated carbocycles. The number of thiophene rings is 1. The molecule has 0 radical (unpaired) electrons. The van der Waals surface area contributed by atoms with Crippen molar-refractivity contribution in [3.05, 3.63) is 69.0 Å². The average Bonchev–Trinajstić information content (AvgIpc) is 3.49. The monoisotopic (exact) mass is 479 g/mol. The van der Waals surface area contributed by atoms with Crippen LogP contribution in [-0.2, 0) is 0 Å². The van der Waals surface area contributed by atoms with Crippen LogP contribution in [0.4, 0.5) is 5.82 Å². The van der Waals surface area contributed by atoms with Crippen molar-refractivity contribution >= 4 is 23.1 Å². The van der Waals surface area contributed by atoms with Crippen molar-refractivity contribution < 1.29 is 14.3 Å². The van der Waals surface area contributed by atoms with E-state index in [-0.39, 0.29) is 17.4 Å². The van der Waals surface area contributed by atoms with Gasteiger partial charge in [0.25, 0.3) is 11.5 Å². The highest BCUT2D eigenvalue weighted by Crippen LogP contribution is 2.30. The molecule has 0 bridgehead atoms. The minimum Gasteiger partial charge on any atom is -0.490 e. The number of aromatic nitrogens is 4. The molecular weight excluding hydrogens is 454 g/mol. The molecule has 0 spiro atoms. The average molecular weight is 480 g/mol. The summed E-state index contributed by atoms with van der Waals surface area (Å²) in [4.78, 5) is 33.7. The lowest BCUT2D eigenvalue weighted by Crippen LogP contribution is -2.20. The summed E-state index contributed by atoms with van der Waals surface area (Å²) in [5.41, 5.74) is 1.88. The van der Waals surface area contributed by atoms with Crippen LogP contribution < -0.4 is 20.3 Å². The first-order valence-electron chi connectivity index (χ1n) is 10.8. The minimum atomic E-state index is -0.367. The second kappa shape index (κ2) is 9.92. The maximum absolute atomic E-state index is 13.2. The number of nitrogens with zero attached hydrogens (tertiary/aromatic N) is 3. The summed E-state index contributed by atoms with van der Waals surface area (Å²) >= 11 is 1.52. The van der Waals surface area contributed by atoms with Crippen LogP contribution in [0.3, 0.4) is 0 Å². The zero-order valence-corrected chi connectivity index (χ0v) is 20.2. The van der Waals surface area contributed by atoms with Gasteiger partial charge in [-0.25, -0.2) is 4.98 Å². The van der Waals surface area contributed by atoms with Gasteiger partial charge in [-0.05, 0) is 57.3 Å². The van der Waals surface area contributed by atoms with Crippen molar-refractivity contribution in [1.82, 2.24) is 19.7 Å². The second-order valence-electron chi connectivity index (χ2n) is 7.39. The summed E-state index contributed by atoms with van der Waals surface area (Å²) in [5, 5.41) is 9.43. The molecule has 0 saturated heterocycles. The minimum absolute atomic E-state index is 0.216. The summed E-state index contributed by atoms with van der Waals surface area (Å²) in [6.07, 6.45) is 0. The molecule has 34 heavy (non-hydrogen) atoms. The zero-order chi connectivity index (χ0) is 24.2. The third-order valence-corrected chi connectivity index (χ3v) is 6.01. The van der Waals surface area contributed by atoms with E-state index in [0.29, 0.717) is 53.0 Å².